The zero-order valence-corrected chi connectivity index (χ0v) is 19.5. The number of nitrogens with zero attached hydrogens (tertiary/aromatic N) is 1. The highest BCUT2D eigenvalue weighted by Gasteiger charge is 2.23. The van der Waals surface area contributed by atoms with E-state index in [1.807, 2.05) is 43.5 Å². The highest BCUT2D eigenvalue weighted by molar-refractivity contribution is 8.00. The van der Waals surface area contributed by atoms with Gasteiger partial charge >= 0.3 is 11.6 Å². The van der Waals surface area contributed by atoms with Gasteiger partial charge in [-0.25, -0.2) is 14.6 Å². The lowest BCUT2D eigenvalue weighted by atomic mass is 10.1. The molecule has 0 aliphatic rings. The van der Waals surface area contributed by atoms with Gasteiger partial charge in [0, 0.05) is 45.3 Å². The topological polar surface area (TPSA) is 82.5 Å². The molecular formula is C25H19NO5S2. The van der Waals surface area contributed by atoms with Crippen LogP contribution >= 0.6 is 23.1 Å². The van der Waals surface area contributed by atoms with Crippen molar-refractivity contribution in [2.75, 3.05) is 0 Å². The van der Waals surface area contributed by atoms with Gasteiger partial charge in [-0.3, -0.25) is 0 Å². The molecule has 3 aromatic heterocycles. The highest BCUT2D eigenvalue weighted by atomic mass is 32.2. The molecule has 0 saturated carbocycles. The zero-order chi connectivity index (χ0) is 22.9. The number of hydrogen-bond acceptors (Lipinski definition) is 8. The average molecular weight is 478 g/mol. The van der Waals surface area contributed by atoms with Crippen LogP contribution in [0.1, 0.15) is 34.3 Å². The first-order valence-corrected chi connectivity index (χ1v) is 12.2. The van der Waals surface area contributed by atoms with Gasteiger partial charge in [0.05, 0.1) is 0 Å². The number of carbonyl (C=O) groups is 1. The molecule has 0 fully saturated rings. The minimum atomic E-state index is -0.606. The van der Waals surface area contributed by atoms with Crippen LogP contribution in [0.4, 0.5) is 0 Å². The van der Waals surface area contributed by atoms with Crippen LogP contribution in [0, 0.1) is 6.92 Å². The Morgan fingerprint density at radius 3 is 2.73 bits per heavy atom. The Morgan fingerprint density at radius 1 is 1.09 bits per heavy atom. The molecule has 0 unspecified atom stereocenters. The van der Waals surface area contributed by atoms with Crippen molar-refractivity contribution in [1.29, 1.82) is 0 Å². The summed E-state index contributed by atoms with van der Waals surface area (Å²) >= 11 is 3.12. The van der Waals surface area contributed by atoms with Crippen LogP contribution in [0.25, 0.3) is 21.9 Å². The maximum absolute atomic E-state index is 13.1. The van der Waals surface area contributed by atoms with Gasteiger partial charge in [-0.15, -0.1) is 11.3 Å². The number of furan rings is 1. The molecule has 0 saturated heterocycles. The van der Waals surface area contributed by atoms with Gasteiger partial charge in [0.1, 0.15) is 21.3 Å². The minimum absolute atomic E-state index is 0.154. The van der Waals surface area contributed by atoms with Crippen molar-refractivity contribution in [1.82, 2.24) is 4.98 Å². The van der Waals surface area contributed by atoms with E-state index in [9.17, 15) is 9.59 Å². The number of aryl methyl sites for hydroxylation is 2. The number of rotatable bonds is 6. The maximum Gasteiger partial charge on any atom is 0.379 e. The number of ether oxygens (including phenoxy) is 1. The van der Waals surface area contributed by atoms with E-state index < -0.39 is 11.6 Å². The Kier molecular flexibility index (Phi) is 5.78. The first kappa shape index (κ1) is 21.5. The summed E-state index contributed by atoms with van der Waals surface area (Å²) in [4.78, 5) is 29.5. The van der Waals surface area contributed by atoms with Crippen molar-refractivity contribution in [3.63, 3.8) is 0 Å². The van der Waals surface area contributed by atoms with Gasteiger partial charge in [-0.1, -0.05) is 36.9 Å². The Bertz CT molecular complexity index is 1550. The van der Waals surface area contributed by atoms with Gasteiger partial charge in [0.2, 0.25) is 5.76 Å². The van der Waals surface area contributed by atoms with E-state index in [1.54, 1.807) is 41.3 Å². The number of fused-ring (bicyclic) bond motifs is 2. The second kappa shape index (κ2) is 8.88. The molecule has 0 aliphatic heterocycles. The van der Waals surface area contributed by atoms with Crippen molar-refractivity contribution < 1.29 is 18.4 Å². The van der Waals surface area contributed by atoms with Crippen LogP contribution in [0.3, 0.4) is 0 Å². The fourth-order valence-corrected chi connectivity index (χ4v) is 5.54. The summed E-state index contributed by atoms with van der Waals surface area (Å²) in [6.45, 7) is 3.92. The summed E-state index contributed by atoms with van der Waals surface area (Å²) in [5, 5.41) is 3.67. The zero-order valence-electron chi connectivity index (χ0n) is 17.9. The number of hydrogen-bond donors (Lipinski definition) is 0. The van der Waals surface area contributed by atoms with Crippen LogP contribution in [-0.2, 0) is 12.2 Å². The van der Waals surface area contributed by atoms with Crippen LogP contribution in [-0.4, -0.2) is 11.0 Å². The molecule has 0 radical (unpaired) electrons. The molecule has 5 aromatic rings. The highest BCUT2D eigenvalue weighted by Crippen LogP contribution is 2.34. The molecule has 2 aromatic carbocycles. The average Bonchev–Trinajstić information content (AvgIpc) is 3.39. The second-order valence-corrected chi connectivity index (χ2v) is 9.52. The van der Waals surface area contributed by atoms with Gasteiger partial charge in [0.25, 0.3) is 0 Å². The lowest BCUT2D eigenvalue weighted by molar-refractivity contribution is 0.0703. The molecule has 166 valence electrons. The third-order valence-electron chi connectivity index (χ3n) is 5.21. The maximum atomic E-state index is 13.1. The van der Waals surface area contributed by atoms with Crippen molar-refractivity contribution >= 4 is 51.0 Å². The Morgan fingerprint density at radius 2 is 1.94 bits per heavy atom. The third-order valence-corrected chi connectivity index (χ3v) is 7.38. The molecule has 6 nitrogen and oxygen atoms in total. The van der Waals surface area contributed by atoms with Crippen LogP contribution < -0.4 is 10.4 Å². The van der Waals surface area contributed by atoms with E-state index in [1.165, 1.54) is 6.07 Å². The largest absolute Gasteiger partial charge is 0.449 e. The van der Waals surface area contributed by atoms with Crippen molar-refractivity contribution in [3.05, 3.63) is 86.9 Å². The second-order valence-electron chi connectivity index (χ2n) is 7.44. The number of thiazole rings is 1. The predicted octanol–water partition coefficient (Wildman–Crippen LogP) is 6.38. The van der Waals surface area contributed by atoms with E-state index in [0.717, 1.165) is 31.9 Å². The third kappa shape index (κ3) is 4.31. The SMILES string of the molecule is CCc1cc(=O)oc2cc(OC(=O)c3oc4ccccc4c3CSc3nc(C)cs3)ccc12. The molecule has 0 aliphatic carbocycles. The fourth-order valence-electron chi connectivity index (χ4n) is 3.66. The normalized spacial score (nSPS) is 11.3. The predicted molar refractivity (Wildman–Crippen MR) is 129 cm³/mol. The number of thioether (sulfide) groups is 1. The van der Waals surface area contributed by atoms with Crippen LogP contribution in [0.2, 0.25) is 0 Å². The van der Waals surface area contributed by atoms with Gasteiger partial charge in [-0.05, 0) is 37.1 Å². The first-order chi connectivity index (χ1) is 16.0. The lowest BCUT2D eigenvalue weighted by Crippen LogP contribution is -2.10. The van der Waals surface area contributed by atoms with E-state index >= 15 is 0 Å². The number of carbonyl (C=O) groups excluding carboxylic acids is 1. The number of para-hydroxylation sites is 1. The summed E-state index contributed by atoms with van der Waals surface area (Å²) in [7, 11) is 0. The minimum Gasteiger partial charge on any atom is -0.449 e. The summed E-state index contributed by atoms with van der Waals surface area (Å²) in [6.07, 6.45) is 0.694. The summed E-state index contributed by atoms with van der Waals surface area (Å²) in [5.41, 5.74) is 3.17. The molecule has 0 atom stereocenters. The number of benzene rings is 2. The molecule has 5 rings (SSSR count). The molecule has 33 heavy (non-hydrogen) atoms. The Hall–Kier alpha value is -3.36. The smallest absolute Gasteiger partial charge is 0.379 e. The van der Waals surface area contributed by atoms with Crippen molar-refractivity contribution in [2.24, 2.45) is 0 Å². The summed E-state index contributed by atoms with van der Waals surface area (Å²) in [6, 6.07) is 14.0. The fraction of sp³-hybridized carbons (Fsp3) is 0.160. The summed E-state index contributed by atoms with van der Waals surface area (Å²) < 4.78 is 17.8. The molecule has 0 amide bonds. The van der Waals surface area contributed by atoms with Gasteiger partial charge in [0.15, 0.2) is 0 Å². The Balaban J connectivity index is 1.47. The monoisotopic (exact) mass is 477 g/mol. The van der Waals surface area contributed by atoms with Crippen molar-refractivity contribution in [3.8, 4) is 5.75 Å². The standard InChI is InChI=1S/C25H19NO5S2/c1-3-15-10-22(27)30-21-11-16(8-9-17(15)21)29-24(28)23-19(13-33-25-26-14(2)12-32-25)18-6-4-5-7-20(18)31-23/h4-12H,3,13H2,1-2H3. The van der Waals surface area contributed by atoms with Gasteiger partial charge < -0.3 is 13.6 Å². The van der Waals surface area contributed by atoms with E-state index in [-0.39, 0.29) is 11.5 Å². The lowest BCUT2D eigenvalue weighted by Gasteiger charge is -2.07. The van der Waals surface area contributed by atoms with E-state index in [4.69, 9.17) is 13.6 Å². The molecular weight excluding hydrogens is 458 g/mol. The molecule has 3 heterocycles. The van der Waals surface area contributed by atoms with Crippen LogP contribution in [0.5, 0.6) is 5.75 Å². The molecule has 0 bridgehead atoms. The quantitative estimate of drug-likeness (QED) is 0.121. The van der Waals surface area contributed by atoms with Gasteiger partial charge in [-0.2, -0.15) is 0 Å². The summed E-state index contributed by atoms with van der Waals surface area (Å²) in [5.74, 6) is 0.339. The molecule has 8 heteroatoms. The van der Waals surface area contributed by atoms with Crippen molar-refractivity contribution in [2.45, 2.75) is 30.4 Å². The Labute approximate surface area is 197 Å². The molecule has 0 N–H and O–H groups in total. The number of aromatic nitrogens is 1. The van der Waals surface area contributed by atoms with E-state index in [2.05, 4.69) is 4.98 Å². The number of esters is 1. The van der Waals surface area contributed by atoms with E-state index in [0.29, 0.717) is 23.3 Å². The first-order valence-electron chi connectivity index (χ1n) is 10.4. The van der Waals surface area contributed by atoms with Crippen LogP contribution in [0.15, 0.2) is 71.9 Å². The molecule has 0 spiro atoms.